The van der Waals surface area contributed by atoms with Gasteiger partial charge in [0.2, 0.25) is 15.9 Å². The summed E-state index contributed by atoms with van der Waals surface area (Å²) in [5, 5.41) is 0. The van der Waals surface area contributed by atoms with E-state index >= 15 is 0 Å². The first-order chi connectivity index (χ1) is 13.1. The van der Waals surface area contributed by atoms with Crippen molar-refractivity contribution >= 4 is 15.9 Å². The molecule has 2 unspecified atom stereocenters. The van der Waals surface area contributed by atoms with E-state index in [1.54, 1.807) is 4.31 Å². The van der Waals surface area contributed by atoms with Gasteiger partial charge in [0.05, 0.1) is 4.90 Å². The maximum atomic E-state index is 13.2. The van der Waals surface area contributed by atoms with E-state index in [9.17, 15) is 13.2 Å². The van der Waals surface area contributed by atoms with Gasteiger partial charge in [-0.2, -0.15) is 4.31 Å². The summed E-state index contributed by atoms with van der Waals surface area (Å²) in [4.78, 5) is 15.4. The molecule has 28 heavy (non-hydrogen) atoms. The Morgan fingerprint density at radius 1 is 0.964 bits per heavy atom. The van der Waals surface area contributed by atoms with Crippen LogP contribution in [0.5, 0.6) is 0 Å². The number of nitrogens with zero attached hydrogens (tertiary/aromatic N) is 2. The summed E-state index contributed by atoms with van der Waals surface area (Å²) in [6.45, 7) is 12.6. The third-order valence-electron chi connectivity index (χ3n) is 6.19. The van der Waals surface area contributed by atoms with Crippen LogP contribution in [0.3, 0.4) is 0 Å². The van der Waals surface area contributed by atoms with Crippen molar-refractivity contribution in [2.75, 3.05) is 26.2 Å². The van der Waals surface area contributed by atoms with Crippen molar-refractivity contribution < 1.29 is 13.2 Å². The fourth-order valence-electron chi connectivity index (χ4n) is 5.15. The van der Waals surface area contributed by atoms with Crippen LogP contribution < -0.4 is 0 Å². The molecule has 1 aromatic carbocycles. The molecule has 2 heterocycles. The third-order valence-corrected chi connectivity index (χ3v) is 8.39. The lowest BCUT2D eigenvalue weighted by atomic mass is 9.89. The van der Waals surface area contributed by atoms with Gasteiger partial charge in [0.25, 0.3) is 0 Å². The molecule has 1 aromatic rings. The predicted molar refractivity (Wildman–Crippen MR) is 112 cm³/mol. The first-order valence-electron chi connectivity index (χ1n) is 10.5. The van der Waals surface area contributed by atoms with Gasteiger partial charge in [-0.15, -0.1) is 0 Å². The summed E-state index contributed by atoms with van der Waals surface area (Å²) in [6.07, 6.45) is 2.40. The molecule has 2 aliphatic rings. The van der Waals surface area contributed by atoms with Crippen LogP contribution in [0.25, 0.3) is 0 Å². The van der Waals surface area contributed by atoms with Gasteiger partial charge in [-0.1, -0.05) is 31.5 Å². The molecule has 3 rings (SSSR count). The highest BCUT2D eigenvalue weighted by Crippen LogP contribution is 2.30. The minimum atomic E-state index is -3.52. The van der Waals surface area contributed by atoms with Crippen LogP contribution in [0.1, 0.15) is 49.8 Å². The van der Waals surface area contributed by atoms with Crippen molar-refractivity contribution in [1.82, 2.24) is 9.21 Å². The first-order valence-corrected chi connectivity index (χ1v) is 11.9. The summed E-state index contributed by atoms with van der Waals surface area (Å²) in [7, 11) is -3.52. The lowest BCUT2D eigenvalue weighted by Gasteiger charge is -2.39. The van der Waals surface area contributed by atoms with E-state index in [4.69, 9.17) is 0 Å². The number of piperidine rings is 2. The van der Waals surface area contributed by atoms with Crippen molar-refractivity contribution in [3.8, 4) is 0 Å². The molecule has 0 radical (unpaired) electrons. The summed E-state index contributed by atoms with van der Waals surface area (Å²) in [5.74, 6) is 1.25. The molecule has 2 aliphatic heterocycles. The number of hydrogen-bond donors (Lipinski definition) is 0. The van der Waals surface area contributed by atoms with Gasteiger partial charge >= 0.3 is 0 Å². The van der Waals surface area contributed by atoms with Crippen LogP contribution in [0.2, 0.25) is 0 Å². The monoisotopic (exact) mass is 406 g/mol. The molecular weight excluding hydrogens is 372 g/mol. The van der Waals surface area contributed by atoms with E-state index in [0.717, 1.165) is 29.8 Å². The Morgan fingerprint density at radius 2 is 1.46 bits per heavy atom. The maximum Gasteiger partial charge on any atom is 0.243 e. The van der Waals surface area contributed by atoms with Gasteiger partial charge in [-0.25, -0.2) is 8.42 Å². The standard InChI is InChI=1S/C22H34N2O3S/c1-15-11-18(4)21(19(5)12-15)28(26,27)24-8-6-20(7-9-24)22(25)23-13-16(2)10-17(3)14-23/h11-12,16-17,20H,6-10,13-14H2,1-5H3. The molecule has 0 N–H and O–H groups in total. The third kappa shape index (κ3) is 4.28. The number of benzene rings is 1. The second kappa shape index (κ2) is 8.15. The largest absolute Gasteiger partial charge is 0.342 e. The van der Waals surface area contributed by atoms with E-state index in [1.165, 1.54) is 6.42 Å². The molecule has 0 spiro atoms. The minimum absolute atomic E-state index is 0.0517. The summed E-state index contributed by atoms with van der Waals surface area (Å²) < 4.78 is 28.0. The second-order valence-electron chi connectivity index (χ2n) is 9.10. The second-order valence-corrected chi connectivity index (χ2v) is 11.0. The SMILES string of the molecule is Cc1cc(C)c(S(=O)(=O)N2CCC(C(=O)N3CC(C)CC(C)C3)CC2)c(C)c1. The summed E-state index contributed by atoms with van der Waals surface area (Å²) in [6, 6.07) is 3.85. The number of amides is 1. The van der Waals surface area contributed by atoms with Crippen LogP contribution in [0.4, 0.5) is 0 Å². The molecule has 0 aliphatic carbocycles. The smallest absolute Gasteiger partial charge is 0.243 e. The molecule has 2 saturated heterocycles. The molecule has 6 heteroatoms. The zero-order chi connectivity index (χ0) is 20.6. The normalized spacial score (nSPS) is 25.1. The highest BCUT2D eigenvalue weighted by Gasteiger charge is 2.36. The van der Waals surface area contributed by atoms with Crippen LogP contribution in [-0.4, -0.2) is 49.7 Å². The van der Waals surface area contributed by atoms with Crippen LogP contribution in [-0.2, 0) is 14.8 Å². The maximum absolute atomic E-state index is 13.2. The van der Waals surface area contributed by atoms with Gasteiger partial charge in [-0.05, 0) is 63.0 Å². The fraction of sp³-hybridized carbons (Fsp3) is 0.682. The molecule has 5 nitrogen and oxygen atoms in total. The lowest BCUT2D eigenvalue weighted by Crippen LogP contribution is -2.48. The van der Waals surface area contributed by atoms with Gasteiger partial charge in [0.15, 0.2) is 0 Å². The molecular formula is C22H34N2O3S. The lowest BCUT2D eigenvalue weighted by molar-refractivity contribution is -0.139. The number of hydrogen-bond acceptors (Lipinski definition) is 3. The van der Waals surface area contributed by atoms with Crippen molar-refractivity contribution in [2.45, 2.75) is 58.8 Å². The Kier molecular flexibility index (Phi) is 6.20. The number of sulfonamides is 1. The number of aryl methyl sites for hydroxylation is 3. The summed E-state index contributed by atoms with van der Waals surface area (Å²) >= 11 is 0. The number of carbonyl (C=O) groups excluding carboxylic acids is 1. The Hall–Kier alpha value is -1.40. The van der Waals surface area contributed by atoms with Crippen molar-refractivity contribution in [3.05, 3.63) is 28.8 Å². The molecule has 0 saturated carbocycles. The molecule has 156 valence electrons. The fourth-order valence-corrected chi connectivity index (χ4v) is 7.03. The first kappa shape index (κ1) is 21.3. The van der Waals surface area contributed by atoms with Crippen LogP contribution in [0.15, 0.2) is 17.0 Å². The highest BCUT2D eigenvalue weighted by atomic mass is 32.2. The number of rotatable bonds is 3. The Bertz CT molecular complexity index is 808. The average molecular weight is 407 g/mol. The molecule has 0 aromatic heterocycles. The zero-order valence-corrected chi connectivity index (χ0v) is 18.7. The molecule has 2 fully saturated rings. The minimum Gasteiger partial charge on any atom is -0.342 e. The van der Waals surface area contributed by atoms with E-state index in [0.29, 0.717) is 42.7 Å². The van der Waals surface area contributed by atoms with Crippen molar-refractivity contribution in [3.63, 3.8) is 0 Å². The van der Waals surface area contributed by atoms with E-state index in [1.807, 2.05) is 37.8 Å². The average Bonchev–Trinajstić information content (AvgIpc) is 2.59. The highest BCUT2D eigenvalue weighted by molar-refractivity contribution is 7.89. The predicted octanol–water partition coefficient (Wildman–Crippen LogP) is 3.52. The molecule has 0 bridgehead atoms. The topological polar surface area (TPSA) is 57.7 Å². The number of likely N-dealkylation sites (tertiary alicyclic amines) is 1. The van der Waals surface area contributed by atoms with Crippen LogP contribution in [0, 0.1) is 38.5 Å². The molecule has 2 atom stereocenters. The van der Waals surface area contributed by atoms with E-state index < -0.39 is 10.0 Å². The Labute approximate surface area is 170 Å². The Morgan fingerprint density at radius 3 is 1.96 bits per heavy atom. The summed E-state index contributed by atoms with van der Waals surface area (Å²) in [5.41, 5.74) is 2.67. The van der Waals surface area contributed by atoms with E-state index in [2.05, 4.69) is 13.8 Å². The zero-order valence-electron chi connectivity index (χ0n) is 17.9. The number of carbonyl (C=O) groups is 1. The quantitative estimate of drug-likeness (QED) is 0.772. The molecule has 1 amide bonds. The van der Waals surface area contributed by atoms with Gasteiger partial charge in [0.1, 0.15) is 0 Å². The van der Waals surface area contributed by atoms with Crippen molar-refractivity contribution in [2.24, 2.45) is 17.8 Å². The van der Waals surface area contributed by atoms with Gasteiger partial charge < -0.3 is 4.90 Å². The Balaban J connectivity index is 1.69. The van der Waals surface area contributed by atoms with E-state index in [-0.39, 0.29) is 11.8 Å². The van der Waals surface area contributed by atoms with Crippen LogP contribution >= 0.6 is 0 Å². The van der Waals surface area contributed by atoms with Crippen molar-refractivity contribution in [1.29, 1.82) is 0 Å². The van der Waals surface area contributed by atoms with Gasteiger partial charge in [-0.3, -0.25) is 4.79 Å². The van der Waals surface area contributed by atoms with Gasteiger partial charge in [0, 0.05) is 32.1 Å².